The molecule has 2 heterocycles. The molecule has 78 valence electrons. The molecule has 0 aromatic carbocycles. The number of nitrogens with zero attached hydrogens (tertiary/aromatic N) is 2. The molecule has 0 atom stereocenters. The van der Waals surface area contributed by atoms with Gasteiger partial charge in [-0.1, -0.05) is 0 Å². The molecule has 0 spiro atoms. The number of pyridine rings is 1. The van der Waals surface area contributed by atoms with Gasteiger partial charge in [-0.25, -0.2) is 4.98 Å². The minimum atomic E-state index is -0.842. The van der Waals surface area contributed by atoms with E-state index in [9.17, 15) is 9.90 Å². The van der Waals surface area contributed by atoms with Crippen molar-refractivity contribution in [1.82, 2.24) is 9.38 Å². The van der Waals surface area contributed by atoms with Crippen LogP contribution < -0.4 is 0 Å². The van der Waals surface area contributed by atoms with E-state index < -0.39 is 5.97 Å². The van der Waals surface area contributed by atoms with Gasteiger partial charge in [-0.3, -0.25) is 4.79 Å². The van der Waals surface area contributed by atoms with E-state index in [1.54, 1.807) is 22.7 Å². The lowest BCUT2D eigenvalue weighted by Crippen LogP contribution is -1.99. The van der Waals surface area contributed by atoms with Crippen LogP contribution in [0.2, 0.25) is 0 Å². The Bertz CT molecular complexity index is 504. The number of fused-ring (bicyclic) bond motifs is 1. The molecular weight excluding hydrogens is 196 g/mol. The Morgan fingerprint density at radius 3 is 3.00 bits per heavy atom. The van der Waals surface area contributed by atoms with Crippen LogP contribution in [0.4, 0.5) is 0 Å². The molecule has 0 saturated carbocycles. The molecule has 0 radical (unpaired) electrons. The maximum Gasteiger partial charge on any atom is 0.303 e. The molecule has 15 heavy (non-hydrogen) atoms. The average Bonchev–Trinajstić information content (AvgIpc) is 2.57. The summed E-state index contributed by atoms with van der Waals surface area (Å²) in [5, 5.41) is 17.8. The Hall–Kier alpha value is -2.04. The Morgan fingerprint density at radius 1 is 1.47 bits per heavy atom. The average molecular weight is 206 g/mol. The summed E-state index contributed by atoms with van der Waals surface area (Å²) in [6, 6.07) is 3.23. The molecular formula is C10H10N2O3. The van der Waals surface area contributed by atoms with Gasteiger partial charge in [0.15, 0.2) is 0 Å². The molecule has 0 fully saturated rings. The predicted molar refractivity (Wildman–Crippen MR) is 52.8 cm³/mol. The lowest BCUT2D eigenvalue weighted by atomic mass is 10.2. The van der Waals surface area contributed by atoms with Crippen molar-refractivity contribution in [2.24, 2.45) is 0 Å². The summed E-state index contributed by atoms with van der Waals surface area (Å²) in [5.41, 5.74) is 1.48. The van der Waals surface area contributed by atoms with Crippen LogP contribution in [-0.2, 0) is 11.2 Å². The number of aryl methyl sites for hydroxylation is 1. The third kappa shape index (κ3) is 1.90. The normalized spacial score (nSPS) is 10.7. The van der Waals surface area contributed by atoms with Crippen LogP contribution in [0.15, 0.2) is 24.5 Å². The molecule has 2 N–H and O–H groups in total. The molecule has 2 aromatic rings. The number of rotatable bonds is 3. The van der Waals surface area contributed by atoms with Gasteiger partial charge in [0.1, 0.15) is 11.4 Å². The highest BCUT2D eigenvalue weighted by Gasteiger charge is 2.05. The molecule has 5 heteroatoms. The fourth-order valence-corrected chi connectivity index (χ4v) is 1.44. The van der Waals surface area contributed by atoms with E-state index in [1.165, 1.54) is 6.20 Å². The molecule has 0 aliphatic carbocycles. The van der Waals surface area contributed by atoms with Crippen LogP contribution >= 0.6 is 0 Å². The van der Waals surface area contributed by atoms with E-state index >= 15 is 0 Å². The minimum absolute atomic E-state index is 0.0590. The summed E-state index contributed by atoms with van der Waals surface area (Å²) >= 11 is 0. The van der Waals surface area contributed by atoms with Gasteiger partial charge in [-0.05, 0) is 12.1 Å². The molecule has 0 amide bonds. The fourth-order valence-electron chi connectivity index (χ4n) is 1.44. The molecule has 2 aromatic heterocycles. The van der Waals surface area contributed by atoms with Crippen molar-refractivity contribution in [1.29, 1.82) is 0 Å². The summed E-state index contributed by atoms with van der Waals surface area (Å²) in [6.07, 6.45) is 3.61. The van der Waals surface area contributed by atoms with Crippen molar-refractivity contribution >= 4 is 11.6 Å². The first-order chi connectivity index (χ1) is 7.16. The van der Waals surface area contributed by atoms with Crippen molar-refractivity contribution in [3.8, 4) is 5.75 Å². The topological polar surface area (TPSA) is 74.8 Å². The number of carboxylic acids is 1. The number of carbonyl (C=O) groups is 1. The predicted octanol–water partition coefficient (Wildman–Crippen LogP) is 1.06. The largest absolute Gasteiger partial charge is 0.506 e. The van der Waals surface area contributed by atoms with E-state index in [2.05, 4.69) is 4.98 Å². The van der Waals surface area contributed by atoms with Gasteiger partial charge in [0.05, 0.1) is 12.6 Å². The highest BCUT2D eigenvalue weighted by Crippen LogP contribution is 2.14. The minimum Gasteiger partial charge on any atom is -0.506 e. The number of hydrogen-bond donors (Lipinski definition) is 2. The lowest BCUT2D eigenvalue weighted by molar-refractivity contribution is -0.136. The molecule has 0 saturated heterocycles. The Balaban J connectivity index is 2.35. The summed E-state index contributed by atoms with van der Waals surface area (Å²) < 4.78 is 1.69. The van der Waals surface area contributed by atoms with E-state index in [0.29, 0.717) is 12.1 Å². The van der Waals surface area contributed by atoms with Gasteiger partial charge in [0, 0.05) is 18.3 Å². The van der Waals surface area contributed by atoms with Crippen LogP contribution in [0.25, 0.3) is 5.65 Å². The van der Waals surface area contributed by atoms with Gasteiger partial charge >= 0.3 is 5.97 Å². The summed E-state index contributed by atoms with van der Waals surface area (Å²) in [7, 11) is 0. The summed E-state index contributed by atoms with van der Waals surface area (Å²) in [4.78, 5) is 14.5. The number of carboxylic acid groups (broad SMARTS) is 1. The maximum atomic E-state index is 10.4. The molecule has 0 bridgehead atoms. The maximum absolute atomic E-state index is 10.4. The number of hydrogen-bond acceptors (Lipinski definition) is 3. The van der Waals surface area contributed by atoms with Crippen molar-refractivity contribution in [2.45, 2.75) is 12.8 Å². The number of aromatic hydroxyl groups is 1. The first kappa shape index (κ1) is 9.51. The zero-order chi connectivity index (χ0) is 10.8. The van der Waals surface area contributed by atoms with Crippen molar-refractivity contribution in [3.05, 3.63) is 30.2 Å². The Morgan fingerprint density at radius 2 is 2.27 bits per heavy atom. The molecule has 5 nitrogen and oxygen atoms in total. The Kier molecular flexibility index (Phi) is 2.29. The van der Waals surface area contributed by atoms with Crippen LogP contribution in [0, 0.1) is 0 Å². The molecule has 0 aliphatic heterocycles. The number of imidazole rings is 1. The highest BCUT2D eigenvalue weighted by atomic mass is 16.4. The third-order valence-electron chi connectivity index (χ3n) is 2.16. The van der Waals surface area contributed by atoms with Crippen LogP contribution in [-0.4, -0.2) is 25.6 Å². The van der Waals surface area contributed by atoms with E-state index in [0.717, 1.165) is 5.69 Å². The van der Waals surface area contributed by atoms with Gasteiger partial charge in [-0.2, -0.15) is 0 Å². The second-order valence-electron chi connectivity index (χ2n) is 3.26. The van der Waals surface area contributed by atoms with E-state index in [4.69, 9.17) is 5.11 Å². The van der Waals surface area contributed by atoms with Crippen molar-refractivity contribution in [2.75, 3.05) is 0 Å². The zero-order valence-corrected chi connectivity index (χ0v) is 7.92. The van der Waals surface area contributed by atoms with Gasteiger partial charge in [-0.15, -0.1) is 0 Å². The Labute approximate surface area is 85.6 Å². The second-order valence-corrected chi connectivity index (χ2v) is 3.26. The van der Waals surface area contributed by atoms with E-state index in [-0.39, 0.29) is 12.2 Å². The lowest BCUT2D eigenvalue weighted by Gasteiger charge is -2.00. The molecule has 0 aliphatic rings. The smallest absolute Gasteiger partial charge is 0.303 e. The van der Waals surface area contributed by atoms with Gasteiger partial charge < -0.3 is 14.6 Å². The standard InChI is InChI=1S/C10H10N2O3/c13-8-2-3-9-11-5-7(12(9)6-8)1-4-10(14)15/h2-3,5-6,13H,1,4H2,(H,14,15). The van der Waals surface area contributed by atoms with E-state index in [1.807, 2.05) is 0 Å². The van der Waals surface area contributed by atoms with Crippen LogP contribution in [0.3, 0.4) is 0 Å². The second kappa shape index (κ2) is 3.61. The molecule has 0 unspecified atom stereocenters. The number of aromatic nitrogens is 2. The van der Waals surface area contributed by atoms with Gasteiger partial charge in [0.2, 0.25) is 0 Å². The van der Waals surface area contributed by atoms with Crippen molar-refractivity contribution in [3.63, 3.8) is 0 Å². The summed E-state index contributed by atoms with van der Waals surface area (Å²) in [5.74, 6) is -0.706. The SMILES string of the molecule is O=C(O)CCc1cnc2ccc(O)cn12. The monoisotopic (exact) mass is 206 g/mol. The van der Waals surface area contributed by atoms with Crippen molar-refractivity contribution < 1.29 is 15.0 Å². The van der Waals surface area contributed by atoms with Crippen LogP contribution in [0.1, 0.15) is 12.1 Å². The highest BCUT2D eigenvalue weighted by molar-refractivity contribution is 5.67. The first-order valence-corrected chi connectivity index (χ1v) is 4.53. The fraction of sp³-hybridized carbons (Fsp3) is 0.200. The quantitative estimate of drug-likeness (QED) is 0.787. The molecule has 2 rings (SSSR count). The van der Waals surface area contributed by atoms with Gasteiger partial charge in [0.25, 0.3) is 0 Å². The third-order valence-corrected chi connectivity index (χ3v) is 2.16. The number of aliphatic carboxylic acids is 1. The summed E-state index contributed by atoms with van der Waals surface area (Å²) in [6.45, 7) is 0. The first-order valence-electron chi connectivity index (χ1n) is 4.53. The zero-order valence-electron chi connectivity index (χ0n) is 7.92. The van der Waals surface area contributed by atoms with Crippen LogP contribution in [0.5, 0.6) is 5.75 Å².